The van der Waals surface area contributed by atoms with Crippen LogP contribution >= 0.6 is 11.6 Å². The first-order chi connectivity index (χ1) is 18.2. The second-order valence-electron chi connectivity index (χ2n) is 8.52. The maximum absolute atomic E-state index is 13.1. The van der Waals surface area contributed by atoms with Crippen LogP contribution in [-0.4, -0.2) is 36.9 Å². The van der Waals surface area contributed by atoms with Crippen LogP contribution in [0.2, 0.25) is 0 Å². The second-order valence-corrected chi connectivity index (χ2v) is 8.90. The second kappa shape index (κ2) is 11.2. The van der Waals surface area contributed by atoms with Crippen molar-refractivity contribution >= 4 is 52.4 Å². The summed E-state index contributed by atoms with van der Waals surface area (Å²) < 4.78 is 10.3. The van der Waals surface area contributed by atoms with E-state index in [-0.39, 0.29) is 34.0 Å². The van der Waals surface area contributed by atoms with Crippen LogP contribution in [0.4, 0.5) is 17.1 Å². The lowest BCUT2D eigenvalue weighted by Crippen LogP contribution is -2.32. The summed E-state index contributed by atoms with van der Waals surface area (Å²) in [4.78, 5) is 51.2. The molecule has 38 heavy (non-hydrogen) atoms. The highest BCUT2D eigenvalue weighted by molar-refractivity contribution is 6.53. The average molecular weight is 534 g/mol. The number of nitrogens with one attached hydrogen (secondary N) is 2. The lowest BCUT2D eigenvalue weighted by atomic mass is 10.1. The highest BCUT2D eigenvalue weighted by atomic mass is 35.5. The molecule has 0 radical (unpaired) electrons. The number of methoxy groups -OCH3 is 1. The van der Waals surface area contributed by atoms with Crippen LogP contribution in [0.5, 0.6) is 5.75 Å². The quantitative estimate of drug-likeness (QED) is 0.311. The summed E-state index contributed by atoms with van der Waals surface area (Å²) in [5.41, 5.74) is 1.66. The molecule has 0 aliphatic carbocycles. The summed E-state index contributed by atoms with van der Waals surface area (Å²) >= 11 is 6.20. The normalized spacial score (nSPS) is 13.1. The molecule has 9 nitrogen and oxygen atoms in total. The minimum absolute atomic E-state index is 0.0479. The fourth-order valence-corrected chi connectivity index (χ4v) is 3.89. The Morgan fingerprint density at radius 2 is 1.53 bits per heavy atom. The molecule has 0 spiro atoms. The molecule has 4 rings (SSSR count). The summed E-state index contributed by atoms with van der Waals surface area (Å²) in [6.07, 6.45) is 0.0479. The molecule has 0 bridgehead atoms. The van der Waals surface area contributed by atoms with E-state index in [0.29, 0.717) is 22.7 Å². The van der Waals surface area contributed by atoms with E-state index >= 15 is 0 Å². The van der Waals surface area contributed by atoms with Gasteiger partial charge in [-0.25, -0.2) is 9.69 Å². The first-order valence-corrected chi connectivity index (χ1v) is 12.0. The Balaban J connectivity index is 1.44. The Morgan fingerprint density at radius 3 is 2.16 bits per heavy atom. The monoisotopic (exact) mass is 533 g/mol. The van der Waals surface area contributed by atoms with Crippen molar-refractivity contribution in [1.82, 2.24) is 0 Å². The lowest BCUT2D eigenvalue weighted by molar-refractivity contribution is -0.120. The van der Waals surface area contributed by atoms with Crippen molar-refractivity contribution in [1.29, 1.82) is 0 Å². The Hall–Kier alpha value is -4.63. The van der Waals surface area contributed by atoms with Gasteiger partial charge in [0.2, 0.25) is 0 Å². The first-order valence-electron chi connectivity index (χ1n) is 11.6. The number of anilines is 3. The maximum atomic E-state index is 13.1. The van der Waals surface area contributed by atoms with E-state index in [2.05, 4.69) is 10.6 Å². The van der Waals surface area contributed by atoms with Gasteiger partial charge in [-0.15, -0.1) is 0 Å². The van der Waals surface area contributed by atoms with Crippen molar-refractivity contribution in [2.45, 2.75) is 20.0 Å². The number of ether oxygens (including phenoxy) is 2. The van der Waals surface area contributed by atoms with E-state index < -0.39 is 17.8 Å². The minimum Gasteiger partial charge on any atom is -0.491 e. The van der Waals surface area contributed by atoms with Gasteiger partial charge < -0.3 is 20.1 Å². The zero-order valence-electron chi connectivity index (χ0n) is 20.8. The largest absolute Gasteiger partial charge is 0.491 e. The number of esters is 1. The summed E-state index contributed by atoms with van der Waals surface area (Å²) in [5.74, 6) is -1.65. The Labute approximate surface area is 224 Å². The van der Waals surface area contributed by atoms with Gasteiger partial charge in [0.05, 0.1) is 24.5 Å². The number of carbonyl (C=O) groups excluding carboxylic acids is 4. The standard InChI is InChI=1S/C28H24ClN3O6/c1-16(2)38-22-13-11-20(12-14-22)31-25(33)17-7-9-19(10-8-17)30-24-23(29)26(34)32(27(24)35)21-6-4-5-18(15-21)28(36)37-3/h4-16,30H,1-3H3,(H,31,33). The van der Waals surface area contributed by atoms with E-state index in [1.165, 1.54) is 31.4 Å². The predicted octanol–water partition coefficient (Wildman–Crippen LogP) is 4.95. The summed E-state index contributed by atoms with van der Waals surface area (Å²) in [5, 5.41) is 5.36. The zero-order chi connectivity index (χ0) is 27.4. The van der Waals surface area contributed by atoms with Gasteiger partial charge in [-0.1, -0.05) is 17.7 Å². The molecule has 3 amide bonds. The Morgan fingerprint density at radius 1 is 0.868 bits per heavy atom. The van der Waals surface area contributed by atoms with Crippen LogP contribution in [0.1, 0.15) is 34.6 Å². The van der Waals surface area contributed by atoms with Crippen molar-refractivity contribution in [2.24, 2.45) is 0 Å². The van der Waals surface area contributed by atoms with Gasteiger partial charge in [0, 0.05) is 16.9 Å². The summed E-state index contributed by atoms with van der Waals surface area (Å²) in [7, 11) is 1.23. The number of imide groups is 1. The highest BCUT2D eigenvalue weighted by Gasteiger charge is 2.39. The van der Waals surface area contributed by atoms with Crippen LogP contribution in [0, 0.1) is 0 Å². The molecule has 10 heteroatoms. The third-order valence-electron chi connectivity index (χ3n) is 5.45. The van der Waals surface area contributed by atoms with Crippen molar-refractivity contribution < 1.29 is 28.7 Å². The van der Waals surface area contributed by atoms with E-state index in [0.717, 1.165) is 4.90 Å². The zero-order valence-corrected chi connectivity index (χ0v) is 21.5. The Kier molecular flexibility index (Phi) is 7.78. The maximum Gasteiger partial charge on any atom is 0.337 e. The predicted molar refractivity (Wildman–Crippen MR) is 143 cm³/mol. The molecule has 0 saturated carbocycles. The Bertz CT molecular complexity index is 1430. The number of benzene rings is 3. The molecule has 0 atom stereocenters. The summed E-state index contributed by atoms with van der Waals surface area (Å²) in [6, 6.07) is 19.3. The van der Waals surface area contributed by atoms with Crippen molar-refractivity contribution in [2.75, 3.05) is 22.6 Å². The molecule has 3 aromatic rings. The topological polar surface area (TPSA) is 114 Å². The van der Waals surface area contributed by atoms with Crippen LogP contribution in [0.15, 0.2) is 83.5 Å². The first kappa shape index (κ1) is 26.4. The number of halogens is 1. The molecule has 1 aliphatic rings. The highest BCUT2D eigenvalue weighted by Crippen LogP contribution is 2.31. The molecule has 1 heterocycles. The number of rotatable bonds is 8. The molecule has 194 valence electrons. The number of hydrogen-bond acceptors (Lipinski definition) is 7. The molecule has 0 fully saturated rings. The van der Waals surface area contributed by atoms with Gasteiger partial charge in [-0.05, 0) is 80.6 Å². The smallest absolute Gasteiger partial charge is 0.337 e. The van der Waals surface area contributed by atoms with E-state index in [4.69, 9.17) is 21.1 Å². The van der Waals surface area contributed by atoms with Crippen LogP contribution in [0.25, 0.3) is 0 Å². The van der Waals surface area contributed by atoms with Crippen molar-refractivity contribution in [3.8, 4) is 5.75 Å². The van der Waals surface area contributed by atoms with Gasteiger partial charge in [-0.2, -0.15) is 0 Å². The number of hydrogen-bond donors (Lipinski definition) is 2. The molecule has 0 unspecified atom stereocenters. The lowest BCUT2D eigenvalue weighted by Gasteiger charge is -2.16. The third-order valence-corrected chi connectivity index (χ3v) is 5.80. The molecule has 0 aromatic heterocycles. The minimum atomic E-state index is -0.734. The van der Waals surface area contributed by atoms with Crippen LogP contribution in [-0.2, 0) is 14.3 Å². The molecule has 2 N–H and O–H groups in total. The average Bonchev–Trinajstić information content (AvgIpc) is 3.12. The van der Waals surface area contributed by atoms with Gasteiger partial charge in [0.15, 0.2) is 0 Å². The molecular formula is C28H24ClN3O6. The van der Waals surface area contributed by atoms with Crippen LogP contribution in [0.3, 0.4) is 0 Å². The van der Waals surface area contributed by atoms with E-state index in [9.17, 15) is 19.2 Å². The molecule has 0 saturated heterocycles. The fraction of sp³-hybridized carbons (Fsp3) is 0.143. The SMILES string of the molecule is COC(=O)c1cccc(N2C(=O)C(Cl)=C(Nc3ccc(C(=O)Nc4ccc(OC(C)C)cc4)cc3)C2=O)c1. The van der Waals surface area contributed by atoms with Gasteiger partial charge >= 0.3 is 5.97 Å². The number of nitrogens with zero attached hydrogens (tertiary/aromatic N) is 1. The van der Waals surface area contributed by atoms with E-state index in [1.54, 1.807) is 48.5 Å². The molecule has 1 aliphatic heterocycles. The van der Waals surface area contributed by atoms with Crippen LogP contribution < -0.4 is 20.3 Å². The summed E-state index contributed by atoms with van der Waals surface area (Å²) in [6.45, 7) is 3.86. The van der Waals surface area contributed by atoms with Crippen molar-refractivity contribution in [3.63, 3.8) is 0 Å². The number of amides is 3. The van der Waals surface area contributed by atoms with E-state index in [1.807, 2.05) is 13.8 Å². The van der Waals surface area contributed by atoms with Crippen molar-refractivity contribution in [3.05, 3.63) is 94.7 Å². The van der Waals surface area contributed by atoms with Gasteiger partial charge in [0.1, 0.15) is 16.5 Å². The van der Waals surface area contributed by atoms with Gasteiger partial charge in [-0.3, -0.25) is 14.4 Å². The fourth-order valence-electron chi connectivity index (χ4n) is 3.68. The number of carbonyl (C=O) groups is 4. The van der Waals surface area contributed by atoms with Gasteiger partial charge in [0.25, 0.3) is 17.7 Å². The molecular weight excluding hydrogens is 510 g/mol. The molecule has 3 aromatic carbocycles. The third kappa shape index (κ3) is 5.68.